The second kappa shape index (κ2) is 10.4. The zero-order valence-corrected chi connectivity index (χ0v) is 17.3. The Balaban J connectivity index is 1.36. The average molecular weight is 409 g/mol. The summed E-state index contributed by atoms with van der Waals surface area (Å²) in [5, 5.41) is 2.80. The van der Waals surface area contributed by atoms with E-state index in [0.717, 1.165) is 5.56 Å². The van der Waals surface area contributed by atoms with Crippen LogP contribution in [-0.2, 0) is 11.3 Å². The van der Waals surface area contributed by atoms with E-state index in [-0.39, 0.29) is 24.3 Å². The molecule has 1 saturated heterocycles. The minimum absolute atomic E-state index is 0.00332. The molecule has 2 aromatic rings. The van der Waals surface area contributed by atoms with Crippen molar-refractivity contribution in [1.29, 1.82) is 0 Å². The number of piperazine rings is 1. The van der Waals surface area contributed by atoms with E-state index in [1.54, 1.807) is 33.9 Å². The normalized spacial score (nSPS) is 13.6. The van der Waals surface area contributed by atoms with E-state index < -0.39 is 0 Å². The number of hydrogen-bond donors (Lipinski definition) is 1. The molecule has 4 amide bonds. The van der Waals surface area contributed by atoms with Gasteiger partial charge >= 0.3 is 6.03 Å². The fraction of sp³-hybridized carbons (Fsp3) is 0.348. The minimum atomic E-state index is -0.204. The molecule has 0 atom stereocenters. The van der Waals surface area contributed by atoms with Gasteiger partial charge in [-0.3, -0.25) is 9.59 Å². The van der Waals surface area contributed by atoms with Gasteiger partial charge in [0.25, 0.3) is 5.91 Å². The van der Waals surface area contributed by atoms with Crippen LogP contribution >= 0.6 is 0 Å². The highest BCUT2D eigenvalue weighted by Crippen LogP contribution is 2.09. The first-order valence-electron chi connectivity index (χ1n) is 10.2. The highest BCUT2D eigenvalue weighted by molar-refractivity contribution is 5.94. The van der Waals surface area contributed by atoms with Crippen molar-refractivity contribution in [2.45, 2.75) is 13.0 Å². The van der Waals surface area contributed by atoms with Crippen molar-refractivity contribution in [2.24, 2.45) is 0 Å². The Labute approximate surface area is 177 Å². The molecule has 1 heterocycles. The summed E-state index contributed by atoms with van der Waals surface area (Å²) in [7, 11) is 1.73. The first kappa shape index (κ1) is 21.4. The van der Waals surface area contributed by atoms with Crippen LogP contribution in [0.25, 0.3) is 0 Å². The predicted molar refractivity (Wildman–Crippen MR) is 115 cm³/mol. The highest BCUT2D eigenvalue weighted by atomic mass is 16.2. The van der Waals surface area contributed by atoms with Crippen molar-refractivity contribution < 1.29 is 14.4 Å². The molecule has 0 bridgehead atoms. The van der Waals surface area contributed by atoms with Gasteiger partial charge in [-0.1, -0.05) is 48.5 Å². The molecule has 0 radical (unpaired) electrons. The maximum atomic E-state index is 12.5. The van der Waals surface area contributed by atoms with Gasteiger partial charge in [0.15, 0.2) is 0 Å². The van der Waals surface area contributed by atoms with Crippen LogP contribution in [0.1, 0.15) is 22.3 Å². The summed E-state index contributed by atoms with van der Waals surface area (Å²) in [5.41, 5.74) is 1.72. The summed E-state index contributed by atoms with van der Waals surface area (Å²) in [4.78, 5) is 42.3. The third kappa shape index (κ3) is 5.83. The molecule has 1 fully saturated rings. The zero-order valence-electron chi connectivity index (χ0n) is 17.3. The molecule has 0 aliphatic carbocycles. The van der Waals surface area contributed by atoms with Gasteiger partial charge in [0.2, 0.25) is 5.91 Å². The molecule has 158 valence electrons. The summed E-state index contributed by atoms with van der Waals surface area (Å²) < 4.78 is 0. The topological polar surface area (TPSA) is 73.0 Å². The van der Waals surface area contributed by atoms with E-state index in [1.807, 2.05) is 48.5 Å². The molecule has 30 heavy (non-hydrogen) atoms. The third-order valence-corrected chi connectivity index (χ3v) is 5.16. The molecular weight excluding hydrogens is 380 g/mol. The lowest BCUT2D eigenvalue weighted by Crippen LogP contribution is -2.51. The fourth-order valence-electron chi connectivity index (χ4n) is 3.42. The largest absolute Gasteiger partial charge is 0.339 e. The van der Waals surface area contributed by atoms with Crippen molar-refractivity contribution in [3.63, 3.8) is 0 Å². The van der Waals surface area contributed by atoms with Crippen LogP contribution in [0.5, 0.6) is 0 Å². The van der Waals surface area contributed by atoms with Crippen LogP contribution in [0.4, 0.5) is 4.79 Å². The van der Waals surface area contributed by atoms with Crippen molar-refractivity contribution in [3.8, 4) is 0 Å². The number of nitrogens with one attached hydrogen (secondary N) is 1. The highest BCUT2D eigenvalue weighted by Gasteiger charge is 2.24. The molecule has 0 saturated carbocycles. The summed E-state index contributed by atoms with van der Waals surface area (Å²) in [5.74, 6) is -0.00996. The molecule has 1 aliphatic heterocycles. The standard InChI is InChI=1S/C23H28N4O3/c1-25(18-19-8-4-2-5-9-19)23(30)24-13-12-21(28)26-14-16-27(17-15-26)22(29)20-10-6-3-7-11-20/h2-11H,12-18H2,1H3,(H,24,30). The van der Waals surface area contributed by atoms with Crippen LogP contribution in [-0.4, -0.2) is 72.3 Å². The van der Waals surface area contributed by atoms with E-state index >= 15 is 0 Å². The first-order chi connectivity index (χ1) is 14.5. The molecule has 7 heteroatoms. The molecule has 0 aromatic heterocycles. The third-order valence-electron chi connectivity index (χ3n) is 5.16. The summed E-state index contributed by atoms with van der Waals surface area (Å²) in [6, 6.07) is 18.7. The van der Waals surface area contributed by atoms with E-state index in [4.69, 9.17) is 0 Å². The van der Waals surface area contributed by atoms with Crippen molar-refractivity contribution >= 4 is 17.8 Å². The number of benzene rings is 2. The number of nitrogens with zero attached hydrogens (tertiary/aromatic N) is 3. The Hall–Kier alpha value is -3.35. The van der Waals surface area contributed by atoms with Crippen LogP contribution in [0.2, 0.25) is 0 Å². The van der Waals surface area contributed by atoms with Crippen molar-refractivity contribution in [1.82, 2.24) is 20.0 Å². The van der Waals surface area contributed by atoms with E-state index in [9.17, 15) is 14.4 Å². The number of carbonyl (C=O) groups is 3. The minimum Gasteiger partial charge on any atom is -0.339 e. The van der Waals surface area contributed by atoms with Gasteiger partial charge in [0.05, 0.1) is 0 Å². The second-order valence-electron chi connectivity index (χ2n) is 7.36. The zero-order chi connectivity index (χ0) is 21.3. The Kier molecular flexibility index (Phi) is 7.43. The second-order valence-corrected chi connectivity index (χ2v) is 7.36. The Bertz CT molecular complexity index is 849. The van der Waals surface area contributed by atoms with Gasteiger partial charge in [-0.05, 0) is 17.7 Å². The monoisotopic (exact) mass is 408 g/mol. The van der Waals surface area contributed by atoms with Gasteiger partial charge in [-0.25, -0.2) is 4.79 Å². The lowest BCUT2D eigenvalue weighted by atomic mass is 10.2. The Morgan fingerprint density at radius 1 is 0.867 bits per heavy atom. The number of rotatable bonds is 6. The van der Waals surface area contributed by atoms with E-state index in [0.29, 0.717) is 44.8 Å². The smallest absolute Gasteiger partial charge is 0.317 e. The number of hydrogen-bond acceptors (Lipinski definition) is 3. The van der Waals surface area contributed by atoms with Gasteiger partial charge in [0.1, 0.15) is 0 Å². The van der Waals surface area contributed by atoms with E-state index in [2.05, 4.69) is 5.32 Å². The molecule has 0 unspecified atom stereocenters. The molecule has 2 aromatic carbocycles. The molecule has 3 rings (SSSR count). The molecule has 1 N–H and O–H groups in total. The van der Waals surface area contributed by atoms with Crippen LogP contribution in [0.3, 0.4) is 0 Å². The summed E-state index contributed by atoms with van der Waals surface area (Å²) >= 11 is 0. The molecular formula is C23H28N4O3. The maximum absolute atomic E-state index is 12.5. The average Bonchev–Trinajstić information content (AvgIpc) is 2.79. The van der Waals surface area contributed by atoms with Gasteiger partial charge in [0, 0.05) is 58.3 Å². The predicted octanol–water partition coefficient (Wildman–Crippen LogP) is 2.20. The lowest BCUT2D eigenvalue weighted by molar-refractivity contribution is -0.132. The number of amides is 4. The van der Waals surface area contributed by atoms with Crippen LogP contribution < -0.4 is 5.32 Å². The molecule has 7 nitrogen and oxygen atoms in total. The first-order valence-corrected chi connectivity index (χ1v) is 10.2. The quantitative estimate of drug-likeness (QED) is 0.797. The number of carbonyl (C=O) groups excluding carboxylic acids is 3. The molecule has 1 aliphatic rings. The van der Waals surface area contributed by atoms with Crippen molar-refractivity contribution in [2.75, 3.05) is 39.8 Å². The SMILES string of the molecule is CN(Cc1ccccc1)C(=O)NCCC(=O)N1CCN(C(=O)c2ccccc2)CC1. The van der Waals surface area contributed by atoms with Gasteiger partial charge in [-0.2, -0.15) is 0 Å². The van der Waals surface area contributed by atoms with Gasteiger partial charge in [-0.15, -0.1) is 0 Å². The summed E-state index contributed by atoms with van der Waals surface area (Å²) in [6.07, 6.45) is 0.248. The molecule has 0 spiro atoms. The lowest BCUT2D eigenvalue weighted by Gasteiger charge is -2.35. The van der Waals surface area contributed by atoms with Crippen LogP contribution in [0, 0.1) is 0 Å². The Morgan fingerprint density at radius 3 is 2.07 bits per heavy atom. The van der Waals surface area contributed by atoms with E-state index in [1.165, 1.54) is 0 Å². The number of urea groups is 1. The fourth-order valence-corrected chi connectivity index (χ4v) is 3.42. The Morgan fingerprint density at radius 2 is 1.43 bits per heavy atom. The summed E-state index contributed by atoms with van der Waals surface area (Å²) in [6.45, 7) is 2.87. The van der Waals surface area contributed by atoms with Gasteiger partial charge < -0.3 is 20.0 Å². The van der Waals surface area contributed by atoms with Crippen LogP contribution in [0.15, 0.2) is 60.7 Å². The maximum Gasteiger partial charge on any atom is 0.317 e. The van der Waals surface area contributed by atoms with Crippen molar-refractivity contribution in [3.05, 3.63) is 71.8 Å².